The zero-order valence-electron chi connectivity index (χ0n) is 13.0. The quantitative estimate of drug-likeness (QED) is 0.543. The molecule has 0 N–H and O–H groups in total. The van der Waals surface area contributed by atoms with E-state index in [4.69, 9.17) is 9.47 Å². The SMILES string of the molecule is COC(=O)c1cc(Br)ccc1Oc1cccc(-c2ccccc2)c1. The average Bonchev–Trinajstić information content (AvgIpc) is 2.63. The minimum Gasteiger partial charge on any atom is -0.465 e. The second-order valence-corrected chi connectivity index (χ2v) is 6.04. The highest BCUT2D eigenvalue weighted by atomic mass is 79.9. The van der Waals surface area contributed by atoms with Gasteiger partial charge in [0.25, 0.3) is 0 Å². The molecule has 3 nitrogen and oxygen atoms in total. The molecule has 24 heavy (non-hydrogen) atoms. The molecule has 0 aliphatic carbocycles. The molecule has 3 rings (SSSR count). The van der Waals surface area contributed by atoms with E-state index in [1.807, 2.05) is 60.7 Å². The summed E-state index contributed by atoms with van der Waals surface area (Å²) in [6, 6.07) is 23.0. The molecule has 0 saturated heterocycles. The first-order chi connectivity index (χ1) is 11.7. The minimum atomic E-state index is -0.439. The van der Waals surface area contributed by atoms with Crippen LogP contribution in [0.2, 0.25) is 0 Å². The van der Waals surface area contributed by atoms with Crippen LogP contribution in [0.25, 0.3) is 11.1 Å². The number of hydrogen-bond acceptors (Lipinski definition) is 3. The maximum atomic E-state index is 11.9. The molecule has 0 heterocycles. The lowest BCUT2D eigenvalue weighted by Gasteiger charge is -2.11. The summed E-state index contributed by atoms with van der Waals surface area (Å²) >= 11 is 3.36. The molecule has 120 valence electrons. The van der Waals surface area contributed by atoms with Gasteiger partial charge in [-0.05, 0) is 41.5 Å². The van der Waals surface area contributed by atoms with Crippen molar-refractivity contribution in [2.24, 2.45) is 0 Å². The van der Waals surface area contributed by atoms with Crippen molar-refractivity contribution >= 4 is 21.9 Å². The molecule has 0 saturated carbocycles. The monoisotopic (exact) mass is 382 g/mol. The Morgan fingerprint density at radius 2 is 1.62 bits per heavy atom. The molecule has 0 radical (unpaired) electrons. The van der Waals surface area contributed by atoms with E-state index in [1.165, 1.54) is 7.11 Å². The standard InChI is InChI=1S/C20H15BrO3/c1-23-20(22)18-13-16(21)10-11-19(18)24-17-9-5-8-15(12-17)14-6-3-2-4-7-14/h2-13H,1H3. The van der Waals surface area contributed by atoms with Crippen molar-refractivity contribution in [3.05, 3.63) is 82.8 Å². The summed E-state index contributed by atoms with van der Waals surface area (Å²) in [7, 11) is 1.35. The topological polar surface area (TPSA) is 35.5 Å². The van der Waals surface area contributed by atoms with Gasteiger partial charge in [0.1, 0.15) is 17.1 Å². The van der Waals surface area contributed by atoms with Gasteiger partial charge in [0, 0.05) is 4.47 Å². The number of carbonyl (C=O) groups is 1. The van der Waals surface area contributed by atoms with Crippen molar-refractivity contribution < 1.29 is 14.3 Å². The average molecular weight is 383 g/mol. The Bertz CT molecular complexity index is 860. The summed E-state index contributed by atoms with van der Waals surface area (Å²) in [5, 5.41) is 0. The van der Waals surface area contributed by atoms with E-state index in [0.717, 1.165) is 15.6 Å². The van der Waals surface area contributed by atoms with Gasteiger partial charge in [0.15, 0.2) is 0 Å². The number of methoxy groups -OCH3 is 1. The van der Waals surface area contributed by atoms with E-state index in [2.05, 4.69) is 15.9 Å². The highest BCUT2D eigenvalue weighted by molar-refractivity contribution is 9.10. The van der Waals surface area contributed by atoms with E-state index >= 15 is 0 Å². The summed E-state index contributed by atoms with van der Waals surface area (Å²) in [5.41, 5.74) is 2.52. The molecule has 0 fully saturated rings. The Balaban J connectivity index is 1.94. The van der Waals surface area contributed by atoms with Gasteiger partial charge in [-0.25, -0.2) is 4.79 Å². The van der Waals surface area contributed by atoms with Gasteiger partial charge in [-0.15, -0.1) is 0 Å². The molecule has 0 spiro atoms. The molecule has 0 unspecified atom stereocenters. The molecule has 3 aromatic carbocycles. The van der Waals surface area contributed by atoms with Crippen LogP contribution in [0.4, 0.5) is 0 Å². The Labute approximate surface area is 149 Å². The summed E-state index contributed by atoms with van der Waals surface area (Å²) in [6.07, 6.45) is 0. The minimum absolute atomic E-state index is 0.372. The number of hydrogen-bond donors (Lipinski definition) is 0. The normalized spacial score (nSPS) is 10.2. The molecule has 4 heteroatoms. The highest BCUT2D eigenvalue weighted by Gasteiger charge is 2.14. The van der Waals surface area contributed by atoms with Crippen LogP contribution in [0.5, 0.6) is 11.5 Å². The first-order valence-corrected chi connectivity index (χ1v) is 8.18. The largest absolute Gasteiger partial charge is 0.465 e. The van der Waals surface area contributed by atoms with Crippen molar-refractivity contribution in [3.63, 3.8) is 0 Å². The van der Waals surface area contributed by atoms with E-state index in [0.29, 0.717) is 17.1 Å². The van der Waals surface area contributed by atoms with Crippen LogP contribution in [0.3, 0.4) is 0 Å². The van der Waals surface area contributed by atoms with Crippen molar-refractivity contribution in [1.82, 2.24) is 0 Å². The van der Waals surface area contributed by atoms with Crippen LogP contribution in [0.15, 0.2) is 77.3 Å². The van der Waals surface area contributed by atoms with Crippen molar-refractivity contribution in [1.29, 1.82) is 0 Å². The van der Waals surface area contributed by atoms with Crippen LogP contribution in [0.1, 0.15) is 10.4 Å². The first kappa shape index (κ1) is 16.3. The summed E-state index contributed by atoms with van der Waals surface area (Å²) in [5.74, 6) is 0.671. The Kier molecular flexibility index (Phi) is 4.96. The van der Waals surface area contributed by atoms with Gasteiger partial charge >= 0.3 is 5.97 Å². The summed E-state index contributed by atoms with van der Waals surface area (Å²) in [4.78, 5) is 11.9. The lowest BCUT2D eigenvalue weighted by Crippen LogP contribution is -2.03. The number of halogens is 1. The Morgan fingerprint density at radius 1 is 0.875 bits per heavy atom. The predicted molar refractivity (Wildman–Crippen MR) is 97.4 cm³/mol. The van der Waals surface area contributed by atoms with Crippen molar-refractivity contribution in [2.75, 3.05) is 7.11 Å². The van der Waals surface area contributed by atoms with E-state index < -0.39 is 5.97 Å². The van der Waals surface area contributed by atoms with Crippen LogP contribution in [-0.4, -0.2) is 13.1 Å². The molecule has 0 bridgehead atoms. The molecule has 0 aromatic heterocycles. The van der Waals surface area contributed by atoms with Gasteiger partial charge in [-0.3, -0.25) is 0 Å². The van der Waals surface area contributed by atoms with Gasteiger partial charge in [0.2, 0.25) is 0 Å². The van der Waals surface area contributed by atoms with E-state index in [9.17, 15) is 4.79 Å². The molecule has 0 aliphatic rings. The smallest absolute Gasteiger partial charge is 0.341 e. The third-order valence-corrected chi connectivity index (χ3v) is 4.01. The lowest BCUT2D eigenvalue weighted by atomic mass is 10.1. The van der Waals surface area contributed by atoms with Gasteiger partial charge in [0.05, 0.1) is 7.11 Å². The summed E-state index contributed by atoms with van der Waals surface area (Å²) in [6.45, 7) is 0. The van der Waals surface area contributed by atoms with E-state index in [1.54, 1.807) is 12.1 Å². The number of esters is 1. The van der Waals surface area contributed by atoms with Crippen molar-refractivity contribution in [2.45, 2.75) is 0 Å². The number of carbonyl (C=O) groups excluding carboxylic acids is 1. The number of benzene rings is 3. The maximum absolute atomic E-state index is 11.9. The molecule has 3 aromatic rings. The van der Waals surface area contributed by atoms with E-state index in [-0.39, 0.29) is 0 Å². The Hall–Kier alpha value is -2.59. The van der Waals surface area contributed by atoms with Crippen molar-refractivity contribution in [3.8, 4) is 22.6 Å². The second kappa shape index (κ2) is 7.32. The second-order valence-electron chi connectivity index (χ2n) is 5.13. The molecular formula is C20H15BrO3. The zero-order valence-corrected chi connectivity index (χ0v) is 14.6. The Morgan fingerprint density at radius 3 is 2.38 bits per heavy atom. The van der Waals surface area contributed by atoms with Crippen LogP contribution >= 0.6 is 15.9 Å². The highest BCUT2D eigenvalue weighted by Crippen LogP contribution is 2.31. The molecule has 0 aliphatic heterocycles. The molecule has 0 atom stereocenters. The third-order valence-electron chi connectivity index (χ3n) is 3.52. The zero-order chi connectivity index (χ0) is 16.9. The fraction of sp³-hybridized carbons (Fsp3) is 0.0500. The van der Waals surface area contributed by atoms with Gasteiger partial charge in [-0.1, -0.05) is 58.4 Å². The predicted octanol–water partition coefficient (Wildman–Crippen LogP) is 5.70. The maximum Gasteiger partial charge on any atom is 0.341 e. The number of ether oxygens (including phenoxy) is 2. The summed E-state index contributed by atoms with van der Waals surface area (Å²) < 4.78 is 11.5. The van der Waals surface area contributed by atoms with Crippen LogP contribution in [-0.2, 0) is 4.74 Å². The van der Waals surface area contributed by atoms with Gasteiger partial charge in [-0.2, -0.15) is 0 Å². The molecule has 0 amide bonds. The lowest BCUT2D eigenvalue weighted by molar-refractivity contribution is 0.0598. The molecular weight excluding hydrogens is 368 g/mol. The van der Waals surface area contributed by atoms with Gasteiger partial charge < -0.3 is 9.47 Å². The van der Waals surface area contributed by atoms with Crippen LogP contribution < -0.4 is 4.74 Å². The number of rotatable bonds is 4. The third kappa shape index (κ3) is 3.66. The fourth-order valence-corrected chi connectivity index (χ4v) is 2.72. The fourth-order valence-electron chi connectivity index (χ4n) is 2.36. The van der Waals surface area contributed by atoms with Crippen LogP contribution in [0, 0.1) is 0 Å². The first-order valence-electron chi connectivity index (χ1n) is 7.38.